The largest absolute Gasteiger partial charge is 0.298 e. The van der Waals surface area contributed by atoms with Crippen molar-refractivity contribution >= 4 is 6.29 Å². The number of carbonyl (C=O) groups is 1. The Hall–Kier alpha value is -1.11. The first-order chi connectivity index (χ1) is 4.81. The van der Waals surface area contributed by atoms with Crippen LogP contribution in [0, 0.1) is 0 Å². The third-order valence-corrected chi connectivity index (χ3v) is 0.960. The maximum absolute atomic E-state index is 10.0. The molecule has 0 aromatic rings. The summed E-state index contributed by atoms with van der Waals surface area (Å²) in [5.74, 6) is 0. The molecular weight excluding hydrogens is 124 g/mol. The summed E-state index contributed by atoms with van der Waals surface area (Å²) < 4.78 is 0. The van der Waals surface area contributed by atoms with Crippen molar-refractivity contribution < 1.29 is 4.79 Å². The monoisotopic (exact) mass is 136 g/mol. The van der Waals surface area contributed by atoms with Crippen LogP contribution in [0.3, 0.4) is 0 Å². The van der Waals surface area contributed by atoms with E-state index in [0.717, 1.165) is 11.9 Å². The van der Waals surface area contributed by atoms with Gasteiger partial charge in [-0.1, -0.05) is 30.4 Å². The van der Waals surface area contributed by atoms with E-state index in [4.69, 9.17) is 0 Å². The van der Waals surface area contributed by atoms with Gasteiger partial charge >= 0.3 is 0 Å². The molecule has 0 atom stereocenters. The second kappa shape index (κ2) is 6.02. The average Bonchev–Trinajstić information content (AvgIpc) is 1.98. The van der Waals surface area contributed by atoms with Crippen molar-refractivity contribution in [1.29, 1.82) is 0 Å². The van der Waals surface area contributed by atoms with Crippen LogP contribution in [0.4, 0.5) is 0 Å². The molecule has 0 aromatic carbocycles. The van der Waals surface area contributed by atoms with E-state index >= 15 is 0 Å². The smallest absolute Gasteiger partial charge is 0.145 e. The Morgan fingerprint density at radius 1 is 1.20 bits per heavy atom. The van der Waals surface area contributed by atoms with E-state index in [-0.39, 0.29) is 0 Å². The van der Waals surface area contributed by atoms with E-state index in [9.17, 15) is 4.79 Å². The highest BCUT2D eigenvalue weighted by atomic mass is 16.1. The lowest BCUT2D eigenvalue weighted by molar-refractivity contribution is -0.104. The molecule has 0 radical (unpaired) electrons. The first kappa shape index (κ1) is 8.89. The van der Waals surface area contributed by atoms with E-state index in [0.29, 0.717) is 0 Å². The second-order valence-corrected chi connectivity index (χ2v) is 1.94. The predicted molar refractivity (Wildman–Crippen MR) is 43.8 cm³/mol. The van der Waals surface area contributed by atoms with Crippen molar-refractivity contribution in [1.82, 2.24) is 0 Å². The van der Waals surface area contributed by atoms with Crippen molar-refractivity contribution in [2.24, 2.45) is 0 Å². The molecule has 0 bridgehead atoms. The highest BCUT2D eigenvalue weighted by Crippen LogP contribution is 1.87. The van der Waals surface area contributed by atoms with Crippen LogP contribution in [0.15, 0.2) is 36.0 Å². The van der Waals surface area contributed by atoms with Gasteiger partial charge in [0.15, 0.2) is 0 Å². The van der Waals surface area contributed by atoms with Crippen LogP contribution in [-0.2, 0) is 4.79 Å². The third kappa shape index (κ3) is 5.04. The number of aldehydes is 1. The van der Waals surface area contributed by atoms with Crippen LogP contribution in [-0.4, -0.2) is 6.29 Å². The third-order valence-electron chi connectivity index (χ3n) is 0.960. The fraction of sp³-hybridized carbons (Fsp3) is 0.222. The molecule has 0 fully saturated rings. The second-order valence-electron chi connectivity index (χ2n) is 1.94. The van der Waals surface area contributed by atoms with Crippen molar-refractivity contribution in [3.8, 4) is 0 Å². The van der Waals surface area contributed by atoms with Crippen LogP contribution >= 0.6 is 0 Å². The molecule has 10 heavy (non-hydrogen) atoms. The number of hydrogen-bond donors (Lipinski definition) is 0. The van der Waals surface area contributed by atoms with Crippen LogP contribution in [0.5, 0.6) is 0 Å². The van der Waals surface area contributed by atoms with Gasteiger partial charge < -0.3 is 0 Å². The summed E-state index contributed by atoms with van der Waals surface area (Å²) in [6.07, 6.45) is 10.2. The zero-order valence-corrected chi connectivity index (χ0v) is 6.37. The van der Waals surface area contributed by atoms with E-state index in [2.05, 4.69) is 0 Å². The molecule has 0 saturated carbocycles. The number of allylic oxidation sites excluding steroid dienone is 6. The molecule has 0 heterocycles. The Labute approximate surface area is 61.8 Å². The standard InChI is InChI=1S/C9H12O/c1-3-4-5-6-7-9(2)8-10/h3-8H,1-2H3/b4-3-,6-5-,9-7+. The summed E-state index contributed by atoms with van der Waals surface area (Å²) in [4.78, 5) is 10.0. The summed E-state index contributed by atoms with van der Waals surface area (Å²) in [6, 6.07) is 0. The molecule has 0 amide bonds. The summed E-state index contributed by atoms with van der Waals surface area (Å²) in [5, 5.41) is 0. The Morgan fingerprint density at radius 2 is 1.90 bits per heavy atom. The Morgan fingerprint density at radius 3 is 2.40 bits per heavy atom. The highest BCUT2D eigenvalue weighted by Gasteiger charge is 1.75. The maximum Gasteiger partial charge on any atom is 0.145 e. The Balaban J connectivity index is 3.81. The van der Waals surface area contributed by atoms with Gasteiger partial charge in [0.2, 0.25) is 0 Å². The Bertz CT molecular complexity index is 173. The summed E-state index contributed by atoms with van der Waals surface area (Å²) in [5.41, 5.74) is 0.737. The van der Waals surface area contributed by atoms with Gasteiger partial charge in [-0.25, -0.2) is 0 Å². The minimum absolute atomic E-state index is 0.737. The molecule has 0 saturated heterocycles. The van der Waals surface area contributed by atoms with Crippen molar-refractivity contribution in [2.45, 2.75) is 13.8 Å². The summed E-state index contributed by atoms with van der Waals surface area (Å²) in [6.45, 7) is 3.72. The molecule has 0 aliphatic carbocycles. The molecule has 0 aromatic heterocycles. The summed E-state index contributed by atoms with van der Waals surface area (Å²) >= 11 is 0. The van der Waals surface area contributed by atoms with Gasteiger partial charge in [-0.05, 0) is 19.4 Å². The molecule has 1 heteroatoms. The number of carbonyl (C=O) groups excluding carboxylic acids is 1. The maximum atomic E-state index is 10.0. The lowest BCUT2D eigenvalue weighted by Gasteiger charge is -1.78. The lowest BCUT2D eigenvalue weighted by atomic mass is 10.3. The first-order valence-corrected chi connectivity index (χ1v) is 3.22. The zero-order valence-electron chi connectivity index (χ0n) is 6.37. The molecule has 0 rings (SSSR count). The van der Waals surface area contributed by atoms with Gasteiger partial charge in [-0.3, -0.25) is 4.79 Å². The molecule has 0 aliphatic heterocycles. The average molecular weight is 136 g/mol. The quantitative estimate of drug-likeness (QED) is 0.330. The van der Waals surface area contributed by atoms with Gasteiger partial charge in [0.05, 0.1) is 0 Å². The minimum Gasteiger partial charge on any atom is -0.298 e. The fourth-order valence-corrected chi connectivity index (χ4v) is 0.422. The minimum atomic E-state index is 0.737. The van der Waals surface area contributed by atoms with Gasteiger partial charge in [0, 0.05) is 0 Å². The fourth-order valence-electron chi connectivity index (χ4n) is 0.422. The molecular formula is C9H12O. The van der Waals surface area contributed by atoms with Crippen LogP contribution < -0.4 is 0 Å². The lowest BCUT2D eigenvalue weighted by Crippen LogP contribution is -1.71. The van der Waals surface area contributed by atoms with Gasteiger partial charge in [-0.15, -0.1) is 0 Å². The van der Waals surface area contributed by atoms with Crippen molar-refractivity contribution in [3.63, 3.8) is 0 Å². The van der Waals surface area contributed by atoms with E-state index in [1.165, 1.54) is 0 Å². The highest BCUT2D eigenvalue weighted by molar-refractivity contribution is 5.72. The molecule has 0 aliphatic rings. The molecule has 1 nitrogen and oxygen atoms in total. The first-order valence-electron chi connectivity index (χ1n) is 3.22. The SMILES string of the molecule is C\C=C/C=C\C=C(/C)C=O. The topological polar surface area (TPSA) is 17.1 Å². The molecule has 0 spiro atoms. The number of rotatable bonds is 3. The van der Waals surface area contributed by atoms with Crippen molar-refractivity contribution in [2.75, 3.05) is 0 Å². The van der Waals surface area contributed by atoms with Gasteiger partial charge in [-0.2, -0.15) is 0 Å². The molecule has 0 N–H and O–H groups in total. The Kier molecular flexibility index (Phi) is 5.35. The number of hydrogen-bond acceptors (Lipinski definition) is 1. The van der Waals surface area contributed by atoms with E-state index in [1.54, 1.807) is 13.0 Å². The predicted octanol–water partition coefficient (Wildman–Crippen LogP) is 2.26. The van der Waals surface area contributed by atoms with Gasteiger partial charge in [0.25, 0.3) is 0 Å². The van der Waals surface area contributed by atoms with Crippen LogP contribution in [0.25, 0.3) is 0 Å². The van der Waals surface area contributed by atoms with E-state index in [1.807, 2.05) is 31.2 Å². The summed E-state index contributed by atoms with van der Waals surface area (Å²) in [7, 11) is 0. The van der Waals surface area contributed by atoms with Crippen molar-refractivity contribution in [3.05, 3.63) is 36.0 Å². The molecule has 0 unspecified atom stereocenters. The van der Waals surface area contributed by atoms with E-state index < -0.39 is 0 Å². The molecule has 54 valence electrons. The van der Waals surface area contributed by atoms with Gasteiger partial charge in [0.1, 0.15) is 6.29 Å². The van der Waals surface area contributed by atoms with Crippen LogP contribution in [0.2, 0.25) is 0 Å². The van der Waals surface area contributed by atoms with Crippen LogP contribution in [0.1, 0.15) is 13.8 Å². The zero-order chi connectivity index (χ0) is 7.82. The normalized spacial score (nSPS) is 13.2.